The predicted octanol–water partition coefficient (Wildman–Crippen LogP) is 8.59. The minimum atomic E-state index is -0.989. The molecule has 7 atom stereocenters. The number of amides is 5. The molecule has 7 fully saturated rings. The van der Waals surface area contributed by atoms with Gasteiger partial charge in [-0.25, -0.2) is 9.18 Å². The summed E-state index contributed by atoms with van der Waals surface area (Å²) >= 11 is 0. The van der Waals surface area contributed by atoms with Gasteiger partial charge in [0, 0.05) is 98.8 Å². The molecule has 5 aromatic rings. The lowest BCUT2D eigenvalue weighted by atomic mass is 9.79. The van der Waals surface area contributed by atoms with Gasteiger partial charge in [0.2, 0.25) is 11.8 Å². The predicted molar refractivity (Wildman–Crippen MR) is 314 cm³/mol. The maximum atomic E-state index is 15.3. The molecule has 17 nitrogen and oxygen atoms in total. The molecule has 8 aliphatic rings. The first-order chi connectivity index (χ1) is 40.3. The van der Waals surface area contributed by atoms with E-state index in [9.17, 15) is 24.0 Å². The number of hydrogen-bond acceptors (Lipinski definition) is 14. The number of carbonyl (C=O) groups is 5. The Labute approximate surface area is 483 Å². The molecule has 3 aromatic carbocycles. The molecule has 2 bridgehead atoms. The Balaban J connectivity index is 0.628. The van der Waals surface area contributed by atoms with Gasteiger partial charge in [-0.05, 0) is 131 Å². The molecule has 432 valence electrons. The summed E-state index contributed by atoms with van der Waals surface area (Å²) in [6.45, 7) is 14.9. The van der Waals surface area contributed by atoms with E-state index in [2.05, 4.69) is 51.7 Å². The van der Waals surface area contributed by atoms with Gasteiger partial charge in [-0.1, -0.05) is 56.2 Å². The summed E-state index contributed by atoms with van der Waals surface area (Å²) in [5.74, 6) is 2.55. The fourth-order valence-electron chi connectivity index (χ4n) is 15.5. The van der Waals surface area contributed by atoms with Gasteiger partial charge in [-0.3, -0.25) is 39.3 Å². The second-order valence-electron chi connectivity index (χ2n) is 24.9. The van der Waals surface area contributed by atoms with Gasteiger partial charge >= 0.3 is 12.1 Å². The van der Waals surface area contributed by atoms with Crippen molar-refractivity contribution in [1.29, 1.82) is 0 Å². The van der Waals surface area contributed by atoms with Gasteiger partial charge in [0.25, 0.3) is 11.8 Å². The number of halogens is 1. The molecule has 7 saturated heterocycles. The topological polar surface area (TPSA) is 183 Å². The van der Waals surface area contributed by atoms with Crippen molar-refractivity contribution >= 4 is 62.9 Å². The van der Waals surface area contributed by atoms with Crippen LogP contribution in [0.5, 0.6) is 6.01 Å². The second kappa shape index (κ2) is 22.3. The first-order valence-corrected chi connectivity index (χ1v) is 30.2. The number of carbonyl (C=O) groups excluding carboxylic acids is 5. The molecule has 0 saturated carbocycles. The maximum Gasteiger partial charge on any atom is 0.409 e. The van der Waals surface area contributed by atoms with Crippen molar-refractivity contribution in [1.82, 2.24) is 40.3 Å². The van der Waals surface area contributed by atoms with Crippen LogP contribution in [0.1, 0.15) is 129 Å². The summed E-state index contributed by atoms with van der Waals surface area (Å²) in [5, 5.41) is 8.36. The number of terminal acetylenes is 1. The number of likely N-dealkylation sites (tertiary alicyclic amines) is 1. The molecule has 0 aliphatic carbocycles. The van der Waals surface area contributed by atoms with Crippen molar-refractivity contribution in [2.75, 3.05) is 68.8 Å². The summed E-state index contributed by atoms with van der Waals surface area (Å²) < 4.78 is 28.3. The van der Waals surface area contributed by atoms with E-state index in [1.165, 1.54) is 6.07 Å². The molecular formula is C65H73FN10O7. The fourth-order valence-corrected chi connectivity index (χ4v) is 15.5. The minimum absolute atomic E-state index is 0.0172. The monoisotopic (exact) mass is 1120 g/mol. The lowest BCUT2D eigenvalue weighted by molar-refractivity contribution is -0.136. The van der Waals surface area contributed by atoms with E-state index in [1.807, 2.05) is 35.4 Å². The van der Waals surface area contributed by atoms with Crippen LogP contribution in [0.2, 0.25) is 0 Å². The SMILES string of the molecule is C#Cc1c(F)ccc2cccc(-c3ncc4c(N5CC6CCC(C5)N6)nc(OC[C@@]56CCC(COC(=O)N7CCC(CC(C)C8CCCN(c9ccc%10c(c9)C(=O)N(C9CCC(=O)NC9=O)C%10=O)CC8)CC7)N5CC(=C)C6)nc4c3CC)c12. The van der Waals surface area contributed by atoms with Gasteiger partial charge in [-0.15, -0.1) is 6.42 Å². The number of imide groups is 2. The van der Waals surface area contributed by atoms with Gasteiger partial charge in [0.1, 0.15) is 30.9 Å². The normalized spacial score (nSPS) is 26.1. The lowest BCUT2D eigenvalue weighted by Gasteiger charge is -2.36. The van der Waals surface area contributed by atoms with Gasteiger partial charge < -0.3 is 29.5 Å². The number of aryl methyl sites for hydroxylation is 1. The number of ether oxygens (including phenoxy) is 2. The van der Waals surface area contributed by atoms with Crippen LogP contribution < -0.4 is 25.2 Å². The summed E-state index contributed by atoms with van der Waals surface area (Å²) in [7, 11) is 0. The number of piperazine rings is 1. The molecule has 2 aromatic heterocycles. The number of aromatic nitrogens is 3. The standard InChI is InChI=1S/C65H73FN10O7/c1-5-47-53(66)17-12-42-9-7-11-50(56(42)47)57-48(6-2)58-52(32-67-57)59(74-34-43-13-14-44(35-74)68-43)71-63(70-58)83-37-65-24-20-46(75(65)33-38(3)31-65)36-82-64(81)73-26-21-40(22-27-73)29-39(4)41-10-8-25-72(28-23-41)45-15-16-49-51(30-45)62(80)76(61(49)79)54-18-19-55(77)69-60(54)78/h1,7,9,11-12,15-17,30,32,39-41,43-44,46,54,68H,3,6,8,10,13-14,18-29,31,33-37H2,2,4H3,(H,69,77,78)/t39?,41?,43?,44?,46?,54?,65-/m0/s1. The quantitative estimate of drug-likeness (QED) is 0.0650. The van der Waals surface area contributed by atoms with Crippen molar-refractivity contribution in [3.8, 4) is 29.6 Å². The van der Waals surface area contributed by atoms with Crippen LogP contribution >= 0.6 is 0 Å². The van der Waals surface area contributed by atoms with Crippen molar-refractivity contribution in [2.24, 2.45) is 17.8 Å². The van der Waals surface area contributed by atoms with Crippen LogP contribution in [-0.4, -0.2) is 148 Å². The second-order valence-corrected chi connectivity index (χ2v) is 24.9. The first-order valence-electron chi connectivity index (χ1n) is 30.2. The van der Waals surface area contributed by atoms with Crippen LogP contribution in [0.25, 0.3) is 32.9 Å². The van der Waals surface area contributed by atoms with E-state index < -0.39 is 35.5 Å². The molecule has 0 radical (unpaired) electrons. The van der Waals surface area contributed by atoms with E-state index in [4.69, 9.17) is 30.8 Å². The van der Waals surface area contributed by atoms with E-state index in [0.29, 0.717) is 97.3 Å². The molecule has 6 unspecified atom stereocenters. The van der Waals surface area contributed by atoms with Crippen LogP contribution in [-0.2, 0) is 20.7 Å². The van der Waals surface area contributed by atoms with E-state index >= 15 is 4.39 Å². The number of benzene rings is 3. The Kier molecular flexibility index (Phi) is 14.7. The maximum absolute atomic E-state index is 15.3. The molecule has 2 N–H and O–H groups in total. The van der Waals surface area contributed by atoms with Gasteiger partial charge in [-0.2, -0.15) is 9.97 Å². The molecule has 0 spiro atoms. The fraction of sp³-hybridized carbons (Fsp3) is 0.508. The highest BCUT2D eigenvalue weighted by atomic mass is 19.1. The largest absolute Gasteiger partial charge is 0.461 e. The zero-order chi connectivity index (χ0) is 57.3. The molecule has 18 heteroatoms. The Morgan fingerprint density at radius 1 is 0.916 bits per heavy atom. The van der Waals surface area contributed by atoms with Crippen LogP contribution in [0, 0.1) is 35.9 Å². The number of piperidine rings is 2. The Morgan fingerprint density at radius 3 is 2.51 bits per heavy atom. The third-order valence-electron chi connectivity index (χ3n) is 19.8. The number of pyridine rings is 1. The Bertz CT molecular complexity index is 3510. The number of fused-ring (bicyclic) bond motifs is 6. The highest BCUT2D eigenvalue weighted by Gasteiger charge is 2.52. The number of anilines is 2. The number of nitrogens with one attached hydrogen (secondary N) is 2. The minimum Gasteiger partial charge on any atom is -0.461 e. The van der Waals surface area contributed by atoms with Gasteiger partial charge in [0.05, 0.1) is 38.8 Å². The molecule has 83 heavy (non-hydrogen) atoms. The van der Waals surface area contributed by atoms with Crippen molar-refractivity contribution in [2.45, 2.75) is 133 Å². The third kappa shape index (κ3) is 10.1. The summed E-state index contributed by atoms with van der Waals surface area (Å²) in [6, 6.07) is 14.5. The van der Waals surface area contributed by atoms with Crippen LogP contribution in [0.3, 0.4) is 0 Å². The number of rotatable bonds is 13. The van der Waals surface area contributed by atoms with Crippen LogP contribution in [0.4, 0.5) is 20.7 Å². The van der Waals surface area contributed by atoms with Crippen molar-refractivity contribution < 1.29 is 37.8 Å². The average molecular weight is 1130 g/mol. The smallest absolute Gasteiger partial charge is 0.409 e. The zero-order valence-corrected chi connectivity index (χ0v) is 47.6. The molecular weight excluding hydrogens is 1050 g/mol. The average Bonchev–Trinajstić information content (AvgIpc) is 3.80. The molecule has 13 rings (SSSR count). The number of nitrogens with zero attached hydrogens (tertiary/aromatic N) is 8. The Hall–Kier alpha value is -7.49. The van der Waals surface area contributed by atoms with E-state index in [0.717, 1.165) is 146 Å². The van der Waals surface area contributed by atoms with Crippen molar-refractivity contribution in [3.05, 3.63) is 95.0 Å². The first kappa shape index (κ1) is 54.7. The zero-order valence-electron chi connectivity index (χ0n) is 47.6. The van der Waals surface area contributed by atoms with E-state index in [1.54, 1.807) is 18.2 Å². The van der Waals surface area contributed by atoms with E-state index in [-0.39, 0.29) is 36.1 Å². The molecule has 8 aliphatic heterocycles. The van der Waals surface area contributed by atoms with Crippen LogP contribution in [0.15, 0.2) is 66.9 Å². The molecule has 10 heterocycles. The Morgan fingerprint density at radius 2 is 1.72 bits per heavy atom. The molecule has 5 amide bonds. The summed E-state index contributed by atoms with van der Waals surface area (Å²) in [6.07, 6.45) is 19.2. The number of hydrogen-bond donors (Lipinski definition) is 2. The highest BCUT2D eigenvalue weighted by Crippen LogP contribution is 2.46. The van der Waals surface area contributed by atoms with Crippen molar-refractivity contribution in [3.63, 3.8) is 0 Å². The third-order valence-corrected chi connectivity index (χ3v) is 19.8. The van der Waals surface area contributed by atoms with Gasteiger partial charge in [0.15, 0.2) is 0 Å². The highest BCUT2D eigenvalue weighted by molar-refractivity contribution is 6.23. The summed E-state index contributed by atoms with van der Waals surface area (Å²) in [4.78, 5) is 90.5. The lowest BCUT2D eigenvalue weighted by Crippen LogP contribution is -2.54. The summed E-state index contributed by atoms with van der Waals surface area (Å²) in [5.41, 5.74) is 5.60.